The van der Waals surface area contributed by atoms with Crippen molar-refractivity contribution in [2.24, 2.45) is 0 Å². The molecule has 17 heavy (non-hydrogen) atoms. The SMILES string of the molecule is CC(NCCCc1c(F)cccc1Cl)C(=O)O. The highest BCUT2D eigenvalue weighted by Crippen LogP contribution is 2.20. The maximum Gasteiger partial charge on any atom is 0.320 e. The number of carboxylic acid groups (broad SMARTS) is 1. The number of hydrogen-bond acceptors (Lipinski definition) is 2. The van der Waals surface area contributed by atoms with Crippen LogP contribution in [0.1, 0.15) is 18.9 Å². The van der Waals surface area contributed by atoms with Gasteiger partial charge in [-0.15, -0.1) is 0 Å². The van der Waals surface area contributed by atoms with Crippen molar-refractivity contribution in [3.63, 3.8) is 0 Å². The molecule has 0 heterocycles. The molecule has 0 saturated carbocycles. The van der Waals surface area contributed by atoms with Gasteiger partial charge in [-0.1, -0.05) is 17.7 Å². The van der Waals surface area contributed by atoms with Crippen LogP contribution in [0.4, 0.5) is 4.39 Å². The maximum atomic E-state index is 13.4. The number of halogens is 2. The number of nitrogens with one attached hydrogen (secondary N) is 1. The van der Waals surface area contributed by atoms with Crippen LogP contribution in [-0.4, -0.2) is 23.7 Å². The van der Waals surface area contributed by atoms with Crippen molar-refractivity contribution in [1.29, 1.82) is 0 Å². The predicted molar refractivity (Wildman–Crippen MR) is 64.8 cm³/mol. The van der Waals surface area contributed by atoms with E-state index in [1.807, 2.05) is 0 Å². The van der Waals surface area contributed by atoms with Gasteiger partial charge in [0.05, 0.1) is 0 Å². The molecule has 0 aromatic heterocycles. The summed E-state index contributed by atoms with van der Waals surface area (Å²) < 4.78 is 13.4. The third-order valence-electron chi connectivity index (χ3n) is 2.49. The van der Waals surface area contributed by atoms with Crippen LogP contribution in [0.5, 0.6) is 0 Å². The Morgan fingerprint density at radius 1 is 1.59 bits per heavy atom. The number of aliphatic carboxylic acids is 1. The fourth-order valence-electron chi connectivity index (χ4n) is 1.44. The summed E-state index contributed by atoms with van der Waals surface area (Å²) >= 11 is 5.87. The molecule has 0 radical (unpaired) electrons. The number of rotatable bonds is 6. The van der Waals surface area contributed by atoms with Crippen molar-refractivity contribution in [2.45, 2.75) is 25.8 Å². The smallest absolute Gasteiger partial charge is 0.320 e. The molecule has 0 amide bonds. The Balaban J connectivity index is 2.39. The van der Waals surface area contributed by atoms with Crippen molar-refractivity contribution in [3.05, 3.63) is 34.6 Å². The van der Waals surface area contributed by atoms with Gasteiger partial charge in [-0.25, -0.2) is 4.39 Å². The summed E-state index contributed by atoms with van der Waals surface area (Å²) in [5.74, 6) is -1.21. The first-order valence-corrected chi connectivity index (χ1v) is 5.79. The van der Waals surface area contributed by atoms with E-state index in [0.29, 0.717) is 30.0 Å². The zero-order valence-electron chi connectivity index (χ0n) is 9.54. The first kappa shape index (κ1) is 13.9. The summed E-state index contributed by atoms with van der Waals surface area (Å²) in [5, 5.41) is 11.9. The van der Waals surface area contributed by atoms with Gasteiger partial charge < -0.3 is 10.4 Å². The average molecular weight is 260 g/mol. The molecule has 0 spiro atoms. The van der Waals surface area contributed by atoms with E-state index in [4.69, 9.17) is 16.7 Å². The molecule has 1 unspecified atom stereocenters. The number of hydrogen-bond donors (Lipinski definition) is 2. The Morgan fingerprint density at radius 3 is 2.88 bits per heavy atom. The molecule has 0 bridgehead atoms. The molecule has 1 atom stereocenters. The van der Waals surface area contributed by atoms with Crippen LogP contribution in [-0.2, 0) is 11.2 Å². The first-order valence-electron chi connectivity index (χ1n) is 5.41. The van der Waals surface area contributed by atoms with E-state index < -0.39 is 12.0 Å². The van der Waals surface area contributed by atoms with E-state index in [9.17, 15) is 9.18 Å². The molecule has 5 heteroatoms. The number of carbonyl (C=O) groups is 1. The van der Waals surface area contributed by atoms with Gasteiger partial charge in [0.25, 0.3) is 0 Å². The van der Waals surface area contributed by atoms with Crippen LogP contribution >= 0.6 is 11.6 Å². The molecular weight excluding hydrogens is 245 g/mol. The molecule has 0 aliphatic heterocycles. The second-order valence-corrected chi connectivity index (χ2v) is 4.23. The lowest BCUT2D eigenvalue weighted by molar-refractivity contribution is -0.138. The van der Waals surface area contributed by atoms with E-state index in [-0.39, 0.29) is 5.82 Å². The topological polar surface area (TPSA) is 49.3 Å². The third-order valence-corrected chi connectivity index (χ3v) is 2.84. The molecule has 94 valence electrons. The Bertz CT molecular complexity index is 378. The van der Waals surface area contributed by atoms with Gasteiger partial charge in [0, 0.05) is 10.6 Å². The molecule has 0 aliphatic rings. The molecule has 2 N–H and O–H groups in total. The first-order chi connectivity index (χ1) is 8.02. The van der Waals surface area contributed by atoms with Gasteiger partial charge in [0.15, 0.2) is 0 Å². The molecule has 1 aromatic carbocycles. The summed E-state index contributed by atoms with van der Waals surface area (Å²) in [5.41, 5.74) is 0.485. The Kier molecular flexibility index (Phi) is 5.38. The van der Waals surface area contributed by atoms with Gasteiger partial charge in [0.1, 0.15) is 11.9 Å². The van der Waals surface area contributed by atoms with E-state index in [0.717, 1.165) is 0 Å². The third kappa shape index (κ3) is 4.32. The molecule has 3 nitrogen and oxygen atoms in total. The number of benzene rings is 1. The van der Waals surface area contributed by atoms with Crippen molar-refractivity contribution in [1.82, 2.24) is 5.32 Å². The lowest BCUT2D eigenvalue weighted by Crippen LogP contribution is -2.34. The fraction of sp³-hybridized carbons (Fsp3) is 0.417. The number of carboxylic acids is 1. The average Bonchev–Trinajstić information content (AvgIpc) is 2.27. The second kappa shape index (κ2) is 6.57. The zero-order chi connectivity index (χ0) is 12.8. The minimum Gasteiger partial charge on any atom is -0.480 e. The van der Waals surface area contributed by atoms with Crippen LogP contribution in [0.25, 0.3) is 0 Å². The van der Waals surface area contributed by atoms with E-state index in [2.05, 4.69) is 5.32 Å². The lowest BCUT2D eigenvalue weighted by Gasteiger charge is -2.09. The van der Waals surface area contributed by atoms with Crippen molar-refractivity contribution in [2.75, 3.05) is 6.54 Å². The highest BCUT2D eigenvalue weighted by molar-refractivity contribution is 6.31. The highest BCUT2D eigenvalue weighted by atomic mass is 35.5. The molecule has 1 rings (SSSR count). The molecule has 1 aromatic rings. The minimum absolute atomic E-state index is 0.316. The van der Waals surface area contributed by atoms with E-state index in [1.165, 1.54) is 6.07 Å². The van der Waals surface area contributed by atoms with Crippen LogP contribution in [0, 0.1) is 5.82 Å². The Labute approximate surface area is 105 Å². The Hall–Kier alpha value is -1.13. The summed E-state index contributed by atoms with van der Waals surface area (Å²) in [7, 11) is 0. The van der Waals surface area contributed by atoms with Gasteiger partial charge in [-0.2, -0.15) is 0 Å². The van der Waals surface area contributed by atoms with Gasteiger partial charge in [-0.3, -0.25) is 4.79 Å². The lowest BCUT2D eigenvalue weighted by atomic mass is 10.1. The van der Waals surface area contributed by atoms with Crippen LogP contribution < -0.4 is 5.32 Å². The monoisotopic (exact) mass is 259 g/mol. The fourth-order valence-corrected chi connectivity index (χ4v) is 1.70. The van der Waals surface area contributed by atoms with E-state index in [1.54, 1.807) is 19.1 Å². The van der Waals surface area contributed by atoms with Crippen LogP contribution in [0.15, 0.2) is 18.2 Å². The summed E-state index contributed by atoms with van der Waals surface area (Å²) in [6, 6.07) is 3.99. The largest absolute Gasteiger partial charge is 0.480 e. The minimum atomic E-state index is -0.895. The predicted octanol–water partition coefficient (Wildman–Crippen LogP) is 2.47. The second-order valence-electron chi connectivity index (χ2n) is 3.82. The van der Waals surface area contributed by atoms with Crippen molar-refractivity contribution in [3.8, 4) is 0 Å². The van der Waals surface area contributed by atoms with Crippen LogP contribution in [0.3, 0.4) is 0 Å². The maximum absolute atomic E-state index is 13.4. The van der Waals surface area contributed by atoms with Crippen molar-refractivity contribution >= 4 is 17.6 Å². The normalized spacial score (nSPS) is 12.4. The van der Waals surface area contributed by atoms with E-state index >= 15 is 0 Å². The summed E-state index contributed by atoms with van der Waals surface area (Å²) in [4.78, 5) is 10.5. The van der Waals surface area contributed by atoms with Crippen LogP contribution in [0.2, 0.25) is 5.02 Å². The van der Waals surface area contributed by atoms with Crippen molar-refractivity contribution < 1.29 is 14.3 Å². The van der Waals surface area contributed by atoms with Gasteiger partial charge in [-0.05, 0) is 38.4 Å². The molecule has 0 aliphatic carbocycles. The summed E-state index contributed by atoms with van der Waals surface area (Å²) in [6.07, 6.45) is 1.13. The molecule has 0 saturated heterocycles. The van der Waals surface area contributed by atoms with Gasteiger partial charge >= 0.3 is 5.97 Å². The molecular formula is C12H15ClFNO2. The van der Waals surface area contributed by atoms with Gasteiger partial charge in [0.2, 0.25) is 0 Å². The quantitative estimate of drug-likeness (QED) is 0.772. The highest BCUT2D eigenvalue weighted by Gasteiger charge is 2.10. The standard InChI is InChI=1S/C12H15ClFNO2/c1-8(12(16)17)15-7-3-4-9-10(13)5-2-6-11(9)14/h2,5-6,8,15H,3-4,7H2,1H3,(H,16,17). The zero-order valence-corrected chi connectivity index (χ0v) is 10.3. The molecule has 0 fully saturated rings. The summed E-state index contributed by atoms with van der Waals surface area (Å²) in [6.45, 7) is 2.08. The Morgan fingerprint density at radius 2 is 2.29 bits per heavy atom.